The van der Waals surface area contributed by atoms with Gasteiger partial charge in [-0.15, -0.1) is 0 Å². The number of nitrogens with zero attached hydrogens (tertiary/aromatic N) is 1. The summed E-state index contributed by atoms with van der Waals surface area (Å²) in [6.07, 6.45) is 4.36. The van der Waals surface area contributed by atoms with Crippen molar-refractivity contribution in [1.82, 2.24) is 4.98 Å². The minimum absolute atomic E-state index is 0.136. The van der Waals surface area contributed by atoms with Crippen LogP contribution in [0.25, 0.3) is 0 Å². The van der Waals surface area contributed by atoms with E-state index >= 15 is 0 Å². The van der Waals surface area contributed by atoms with Crippen LogP contribution in [0.3, 0.4) is 0 Å². The average Bonchev–Trinajstić information content (AvgIpc) is 2.81. The molecule has 1 N–H and O–H groups in total. The zero-order valence-corrected chi connectivity index (χ0v) is 21.0. The predicted molar refractivity (Wildman–Crippen MR) is 133 cm³/mol. The van der Waals surface area contributed by atoms with Crippen molar-refractivity contribution in [1.29, 1.82) is 0 Å². The minimum Gasteiger partial charge on any atom is -0.508 e. The number of aryl methyl sites for hydroxylation is 2. The third-order valence-corrected chi connectivity index (χ3v) is 7.78. The highest BCUT2D eigenvalue weighted by molar-refractivity contribution is 7.53. The van der Waals surface area contributed by atoms with E-state index in [1.54, 1.807) is 18.5 Å². The van der Waals surface area contributed by atoms with Gasteiger partial charge >= 0.3 is 7.60 Å². The van der Waals surface area contributed by atoms with Gasteiger partial charge in [-0.05, 0) is 89.9 Å². The number of pyridine rings is 1. The maximum Gasteiger partial charge on any atom is 0.368 e. The van der Waals surface area contributed by atoms with Crippen LogP contribution >= 0.6 is 7.60 Å². The Balaban J connectivity index is 1.45. The van der Waals surface area contributed by atoms with Crippen molar-refractivity contribution in [3.05, 3.63) is 88.2 Å². The predicted octanol–water partition coefficient (Wildman–Crippen LogP) is 6.83. The highest BCUT2D eigenvalue weighted by Gasteiger charge is 2.35. The molecule has 1 aromatic heterocycles. The van der Waals surface area contributed by atoms with Crippen molar-refractivity contribution in [3.8, 4) is 11.5 Å². The lowest BCUT2D eigenvalue weighted by molar-refractivity contribution is 0.0725. The molecule has 1 aliphatic rings. The number of aromatic nitrogens is 1. The molecular formula is C27H32NO5P. The maximum atomic E-state index is 13.2. The first-order valence-corrected chi connectivity index (χ1v) is 13.3. The van der Waals surface area contributed by atoms with E-state index in [1.807, 2.05) is 44.2 Å². The van der Waals surface area contributed by atoms with Gasteiger partial charge < -0.3 is 14.4 Å². The average molecular weight is 482 g/mol. The van der Waals surface area contributed by atoms with Crippen LogP contribution in [0.4, 0.5) is 0 Å². The number of benzene rings is 2. The summed E-state index contributed by atoms with van der Waals surface area (Å²) in [7, 11) is -3.38. The van der Waals surface area contributed by atoms with Crippen LogP contribution in [0.5, 0.6) is 11.5 Å². The summed E-state index contributed by atoms with van der Waals surface area (Å²) in [6, 6.07) is 13.5. The van der Waals surface area contributed by atoms with Crippen LogP contribution < -0.4 is 4.74 Å². The molecule has 1 fully saturated rings. The summed E-state index contributed by atoms with van der Waals surface area (Å²) < 4.78 is 30.4. The van der Waals surface area contributed by atoms with Gasteiger partial charge in [0.15, 0.2) is 6.35 Å². The number of aromatic hydroxyl groups is 1. The number of phenolic OH excluding ortho intramolecular Hbond substituents is 1. The summed E-state index contributed by atoms with van der Waals surface area (Å²) in [5, 5.41) is 10.1. The third kappa shape index (κ3) is 5.69. The molecule has 0 unspecified atom stereocenters. The molecule has 180 valence electrons. The van der Waals surface area contributed by atoms with Gasteiger partial charge in [-0.3, -0.25) is 14.1 Å². The molecule has 0 aliphatic carbocycles. The van der Waals surface area contributed by atoms with Crippen LogP contribution in [-0.4, -0.2) is 23.0 Å². The van der Waals surface area contributed by atoms with Crippen LogP contribution in [-0.2, 0) is 20.0 Å². The second-order valence-electron chi connectivity index (χ2n) is 9.14. The number of hydrogen-bond acceptors (Lipinski definition) is 6. The molecule has 6 nitrogen and oxygen atoms in total. The Morgan fingerprint density at radius 3 is 2.50 bits per heavy atom. The number of phenols is 1. The molecule has 0 spiro atoms. The van der Waals surface area contributed by atoms with Crippen molar-refractivity contribution < 1.29 is 23.5 Å². The van der Waals surface area contributed by atoms with E-state index in [0.29, 0.717) is 24.5 Å². The van der Waals surface area contributed by atoms with Crippen molar-refractivity contribution in [2.75, 3.05) is 13.0 Å². The topological polar surface area (TPSA) is 77.9 Å². The third-order valence-electron chi connectivity index (χ3n) is 6.19. The molecule has 0 saturated carbocycles. The Hall–Kier alpha value is -2.66. The lowest BCUT2D eigenvalue weighted by Crippen LogP contribution is -2.17. The lowest BCUT2D eigenvalue weighted by atomic mass is 9.93. The largest absolute Gasteiger partial charge is 0.508 e. The van der Waals surface area contributed by atoms with Gasteiger partial charge in [-0.25, -0.2) is 0 Å². The molecule has 1 aliphatic heterocycles. The molecule has 4 rings (SSSR count). The smallest absolute Gasteiger partial charge is 0.368 e. The van der Waals surface area contributed by atoms with Crippen LogP contribution in [0.15, 0.2) is 54.9 Å². The van der Waals surface area contributed by atoms with Gasteiger partial charge in [-0.2, -0.15) is 0 Å². The zero-order chi connectivity index (χ0) is 24.3. The van der Waals surface area contributed by atoms with Gasteiger partial charge in [-0.1, -0.05) is 26.0 Å². The van der Waals surface area contributed by atoms with Crippen LogP contribution in [0.2, 0.25) is 0 Å². The van der Waals surface area contributed by atoms with Crippen molar-refractivity contribution >= 4 is 7.60 Å². The quantitative estimate of drug-likeness (QED) is 0.373. The van der Waals surface area contributed by atoms with Crippen LogP contribution in [0.1, 0.15) is 65.7 Å². The second kappa shape index (κ2) is 10.3. The Morgan fingerprint density at radius 1 is 1.12 bits per heavy atom. The Morgan fingerprint density at radius 2 is 1.82 bits per heavy atom. The van der Waals surface area contributed by atoms with Crippen molar-refractivity contribution in [3.63, 3.8) is 0 Å². The van der Waals surface area contributed by atoms with E-state index in [4.69, 9.17) is 13.8 Å². The maximum absolute atomic E-state index is 13.2. The fraction of sp³-hybridized carbons (Fsp3) is 0.370. The molecule has 3 aromatic rings. The molecule has 2 heterocycles. The second-order valence-corrected chi connectivity index (χ2v) is 11.1. The molecule has 0 amide bonds. The van der Waals surface area contributed by atoms with E-state index < -0.39 is 7.60 Å². The van der Waals surface area contributed by atoms with E-state index in [1.165, 1.54) is 5.56 Å². The normalized spacial score (nSPS) is 20.4. The standard InChI is InChI=1S/C27H32NO5P/c1-18(2)24-15-21(5-6-26(24)29)16-25-19(3)13-23(14-20(25)4)31-17-34(30)32-12-9-27(33-34)22-7-10-28-11-8-22/h5-8,10-11,13-15,18,27,29H,9,12,16-17H2,1-4H3/t27-,34-/m0/s1. The lowest BCUT2D eigenvalue weighted by Gasteiger charge is -2.29. The monoisotopic (exact) mass is 481 g/mol. The fourth-order valence-corrected chi connectivity index (χ4v) is 5.80. The van der Waals surface area contributed by atoms with Gasteiger partial charge in [0.1, 0.15) is 11.5 Å². The first-order valence-electron chi connectivity index (χ1n) is 11.6. The fourth-order valence-electron chi connectivity index (χ4n) is 4.30. The molecule has 34 heavy (non-hydrogen) atoms. The van der Waals surface area contributed by atoms with Crippen LogP contribution in [0, 0.1) is 13.8 Å². The minimum atomic E-state index is -3.38. The Bertz CT molecular complexity index is 1170. The SMILES string of the molecule is Cc1cc(OC[P@]2(=O)OCC[C@@H](c3ccncc3)O2)cc(C)c1Cc1ccc(O)c(C(C)C)c1. The van der Waals surface area contributed by atoms with E-state index in [2.05, 4.69) is 24.9 Å². The molecule has 0 bridgehead atoms. The number of hydrogen-bond donors (Lipinski definition) is 1. The van der Waals surface area contributed by atoms with Gasteiger partial charge in [0.2, 0.25) is 0 Å². The van der Waals surface area contributed by atoms with Crippen molar-refractivity contribution in [2.45, 2.75) is 52.6 Å². The van der Waals surface area contributed by atoms with Gasteiger partial charge in [0.25, 0.3) is 0 Å². The van der Waals surface area contributed by atoms with Gasteiger partial charge in [0, 0.05) is 18.8 Å². The Labute approximate surface area is 201 Å². The van der Waals surface area contributed by atoms with E-state index in [0.717, 1.165) is 34.2 Å². The molecule has 2 atom stereocenters. The summed E-state index contributed by atoms with van der Waals surface area (Å²) in [4.78, 5) is 4.03. The Kier molecular flexibility index (Phi) is 7.42. The summed E-state index contributed by atoms with van der Waals surface area (Å²) >= 11 is 0. The number of rotatable bonds is 7. The first-order chi connectivity index (χ1) is 16.2. The zero-order valence-electron chi connectivity index (χ0n) is 20.2. The highest BCUT2D eigenvalue weighted by atomic mass is 31.2. The molecular weight excluding hydrogens is 449 g/mol. The molecule has 0 radical (unpaired) electrons. The van der Waals surface area contributed by atoms with E-state index in [9.17, 15) is 9.67 Å². The molecule has 2 aromatic carbocycles. The summed E-state index contributed by atoms with van der Waals surface area (Å²) in [6.45, 7) is 8.61. The van der Waals surface area contributed by atoms with E-state index in [-0.39, 0.29) is 18.4 Å². The first kappa shape index (κ1) is 24.5. The van der Waals surface area contributed by atoms with Gasteiger partial charge in [0.05, 0.1) is 12.7 Å². The summed E-state index contributed by atoms with van der Waals surface area (Å²) in [5.74, 6) is 1.23. The number of ether oxygens (including phenoxy) is 1. The molecule has 1 saturated heterocycles. The van der Waals surface area contributed by atoms with Crippen molar-refractivity contribution in [2.24, 2.45) is 0 Å². The highest BCUT2D eigenvalue weighted by Crippen LogP contribution is 2.55. The summed E-state index contributed by atoms with van der Waals surface area (Å²) in [5.41, 5.74) is 6.43. The molecule has 7 heteroatoms.